The molecule has 14 aromatic rings. The molecule has 5 nitrogen and oxygen atoms in total. The molecular weight excluding hydrogens is 899 g/mol. The van der Waals surface area contributed by atoms with Gasteiger partial charge in [-0.3, -0.25) is 0 Å². The monoisotopic (exact) mass is 943 g/mol. The lowest BCUT2D eigenvalue weighted by molar-refractivity contribution is 1.06. The van der Waals surface area contributed by atoms with E-state index in [1.807, 2.05) is 18.2 Å². The first kappa shape index (κ1) is 42.9. The van der Waals surface area contributed by atoms with E-state index in [0.29, 0.717) is 17.5 Å². The standard InChI is InChI=1S/C69H45N5/c1-6-20-46(21-7-1)51-36-40-63-59(42-51)55-38-34-53(48-24-10-3-11-25-48)44-65(55)73(63)61-32-18-16-30-57(61)68-70-67(50-28-14-5-15-29-50)71-69(72-68)58-31-17-19-33-62(58)74-64-41-37-52(47-22-8-2-9-23-47)43-60(64)56-39-35-54(45-66(56)74)49-26-12-4-13-27-49/h1-45H. The van der Waals surface area contributed by atoms with Crippen LogP contribution in [0.1, 0.15) is 0 Å². The first-order valence-electron chi connectivity index (χ1n) is 25.1. The van der Waals surface area contributed by atoms with E-state index in [1.54, 1.807) is 0 Å². The van der Waals surface area contributed by atoms with E-state index in [0.717, 1.165) is 72.4 Å². The SMILES string of the molecule is c1ccc(-c2ccc3c(c2)c2ccc(-c4ccccc4)cc2n3-c2ccccc2-c2nc(-c3ccccc3)nc(-c3ccccc3-n3c4ccc(-c5ccccc5)cc4c4ccc(-c5ccccc5)cc43)n2)cc1. The van der Waals surface area contributed by atoms with E-state index in [9.17, 15) is 0 Å². The summed E-state index contributed by atoms with van der Waals surface area (Å²) >= 11 is 0. The largest absolute Gasteiger partial charge is 0.308 e. The van der Waals surface area contributed by atoms with Gasteiger partial charge in [-0.1, -0.05) is 212 Å². The van der Waals surface area contributed by atoms with Crippen LogP contribution < -0.4 is 0 Å². The summed E-state index contributed by atoms with van der Waals surface area (Å²) in [6, 6.07) is 97.2. The minimum Gasteiger partial charge on any atom is -0.308 e. The van der Waals surface area contributed by atoms with Gasteiger partial charge in [-0.15, -0.1) is 0 Å². The molecule has 0 amide bonds. The van der Waals surface area contributed by atoms with Crippen LogP contribution >= 0.6 is 0 Å². The molecule has 0 spiro atoms. The molecule has 0 saturated heterocycles. The molecule has 5 heteroatoms. The van der Waals surface area contributed by atoms with Gasteiger partial charge in [0, 0.05) is 38.2 Å². The Labute approximate surface area is 428 Å². The molecular formula is C69H45N5. The summed E-state index contributed by atoms with van der Waals surface area (Å²) < 4.78 is 4.79. The molecule has 3 aromatic heterocycles. The Hall–Kier alpha value is -9.97. The molecule has 346 valence electrons. The third kappa shape index (κ3) is 7.46. The van der Waals surface area contributed by atoms with Crippen LogP contribution in [0.3, 0.4) is 0 Å². The Morgan fingerprint density at radius 3 is 0.905 bits per heavy atom. The second kappa shape index (κ2) is 18.0. The van der Waals surface area contributed by atoms with Crippen LogP contribution in [0.5, 0.6) is 0 Å². The number of para-hydroxylation sites is 2. The van der Waals surface area contributed by atoms with Crippen LogP contribution in [0.25, 0.3) is 134 Å². The van der Waals surface area contributed by atoms with Gasteiger partial charge in [0.1, 0.15) is 0 Å². The van der Waals surface area contributed by atoms with Gasteiger partial charge in [-0.25, -0.2) is 15.0 Å². The molecule has 0 fully saturated rings. The van der Waals surface area contributed by atoms with Crippen molar-refractivity contribution in [2.45, 2.75) is 0 Å². The maximum atomic E-state index is 5.55. The van der Waals surface area contributed by atoms with E-state index >= 15 is 0 Å². The third-order valence-corrected chi connectivity index (χ3v) is 14.4. The molecule has 0 aliphatic rings. The van der Waals surface area contributed by atoms with Gasteiger partial charge in [0.25, 0.3) is 0 Å². The summed E-state index contributed by atoms with van der Waals surface area (Å²) in [7, 11) is 0. The number of benzene rings is 11. The summed E-state index contributed by atoms with van der Waals surface area (Å²) in [5.41, 5.74) is 18.3. The maximum absolute atomic E-state index is 5.55. The minimum absolute atomic E-state index is 0.579. The summed E-state index contributed by atoms with van der Waals surface area (Å²) in [5, 5.41) is 4.67. The number of rotatable bonds is 9. The lowest BCUT2D eigenvalue weighted by Crippen LogP contribution is -2.05. The van der Waals surface area contributed by atoms with E-state index in [4.69, 9.17) is 15.0 Å². The zero-order chi connectivity index (χ0) is 49.0. The van der Waals surface area contributed by atoms with E-state index in [-0.39, 0.29) is 0 Å². The number of aromatic nitrogens is 5. The summed E-state index contributed by atoms with van der Waals surface area (Å²) in [6.45, 7) is 0. The average molecular weight is 944 g/mol. The first-order chi connectivity index (χ1) is 36.7. The Morgan fingerprint density at radius 1 is 0.203 bits per heavy atom. The third-order valence-electron chi connectivity index (χ3n) is 14.4. The highest BCUT2D eigenvalue weighted by atomic mass is 15.1. The Bertz CT molecular complexity index is 4130. The van der Waals surface area contributed by atoms with Gasteiger partial charge in [-0.2, -0.15) is 0 Å². The molecule has 0 aliphatic carbocycles. The Balaban J connectivity index is 1.00. The molecule has 14 rings (SSSR count). The fourth-order valence-electron chi connectivity index (χ4n) is 10.9. The number of fused-ring (bicyclic) bond motifs is 6. The van der Waals surface area contributed by atoms with Crippen LogP contribution in [-0.2, 0) is 0 Å². The maximum Gasteiger partial charge on any atom is 0.166 e. The van der Waals surface area contributed by atoms with Gasteiger partial charge in [0.15, 0.2) is 17.5 Å². The van der Waals surface area contributed by atoms with Crippen LogP contribution in [0.15, 0.2) is 273 Å². The van der Waals surface area contributed by atoms with E-state index in [2.05, 4.69) is 264 Å². The van der Waals surface area contributed by atoms with Crippen molar-refractivity contribution in [1.82, 2.24) is 24.1 Å². The number of hydrogen-bond donors (Lipinski definition) is 0. The van der Waals surface area contributed by atoms with Crippen molar-refractivity contribution >= 4 is 43.6 Å². The first-order valence-corrected chi connectivity index (χ1v) is 25.1. The zero-order valence-corrected chi connectivity index (χ0v) is 40.2. The van der Waals surface area contributed by atoms with Gasteiger partial charge < -0.3 is 9.13 Å². The van der Waals surface area contributed by atoms with E-state index < -0.39 is 0 Å². The lowest BCUT2D eigenvalue weighted by Gasteiger charge is -2.17. The fourth-order valence-corrected chi connectivity index (χ4v) is 10.9. The quantitative estimate of drug-likeness (QED) is 0.145. The molecule has 0 bridgehead atoms. The zero-order valence-electron chi connectivity index (χ0n) is 40.2. The minimum atomic E-state index is 0.579. The van der Waals surface area contributed by atoms with Gasteiger partial charge in [0.2, 0.25) is 0 Å². The molecule has 0 aliphatic heterocycles. The molecule has 0 N–H and O–H groups in total. The summed E-state index contributed by atoms with van der Waals surface area (Å²) in [5.74, 6) is 1.75. The second-order valence-electron chi connectivity index (χ2n) is 18.8. The summed E-state index contributed by atoms with van der Waals surface area (Å²) in [6.07, 6.45) is 0. The smallest absolute Gasteiger partial charge is 0.166 e. The fraction of sp³-hybridized carbons (Fsp3) is 0. The van der Waals surface area contributed by atoms with Crippen LogP contribution in [-0.4, -0.2) is 24.1 Å². The summed E-state index contributed by atoms with van der Waals surface area (Å²) in [4.78, 5) is 16.3. The lowest BCUT2D eigenvalue weighted by atomic mass is 10.0. The van der Waals surface area contributed by atoms with Crippen molar-refractivity contribution in [3.8, 4) is 90.0 Å². The topological polar surface area (TPSA) is 48.5 Å². The van der Waals surface area contributed by atoms with Gasteiger partial charge >= 0.3 is 0 Å². The highest BCUT2D eigenvalue weighted by Gasteiger charge is 2.23. The van der Waals surface area contributed by atoms with Gasteiger partial charge in [0.05, 0.1) is 33.4 Å². The van der Waals surface area contributed by atoms with E-state index in [1.165, 1.54) is 43.8 Å². The number of hydrogen-bond acceptors (Lipinski definition) is 3. The highest BCUT2D eigenvalue weighted by Crippen LogP contribution is 2.42. The van der Waals surface area contributed by atoms with Crippen LogP contribution in [0.2, 0.25) is 0 Å². The van der Waals surface area contributed by atoms with Crippen molar-refractivity contribution in [2.75, 3.05) is 0 Å². The van der Waals surface area contributed by atoms with Crippen molar-refractivity contribution in [2.24, 2.45) is 0 Å². The highest BCUT2D eigenvalue weighted by molar-refractivity contribution is 6.13. The second-order valence-corrected chi connectivity index (χ2v) is 18.8. The van der Waals surface area contributed by atoms with Crippen molar-refractivity contribution in [1.29, 1.82) is 0 Å². The predicted molar refractivity (Wildman–Crippen MR) is 307 cm³/mol. The predicted octanol–water partition coefficient (Wildman–Crippen LogP) is 17.7. The Morgan fingerprint density at radius 2 is 0.514 bits per heavy atom. The van der Waals surface area contributed by atoms with Gasteiger partial charge in [-0.05, 0) is 105 Å². The van der Waals surface area contributed by atoms with Crippen LogP contribution in [0.4, 0.5) is 0 Å². The molecule has 0 unspecified atom stereocenters. The van der Waals surface area contributed by atoms with Crippen LogP contribution in [0, 0.1) is 0 Å². The molecule has 74 heavy (non-hydrogen) atoms. The number of nitrogens with zero attached hydrogens (tertiary/aromatic N) is 5. The normalized spacial score (nSPS) is 11.5. The van der Waals surface area contributed by atoms with Crippen molar-refractivity contribution in [3.05, 3.63) is 273 Å². The van der Waals surface area contributed by atoms with Crippen molar-refractivity contribution in [3.63, 3.8) is 0 Å². The molecule has 0 radical (unpaired) electrons. The molecule has 0 atom stereocenters. The molecule has 3 heterocycles. The molecule has 11 aromatic carbocycles. The Kier molecular flexibility index (Phi) is 10.4. The average Bonchev–Trinajstić information content (AvgIpc) is 4.01. The van der Waals surface area contributed by atoms with Crippen molar-refractivity contribution < 1.29 is 0 Å². The molecule has 0 saturated carbocycles.